The minimum Gasteiger partial charge on any atom is -0.482 e. The molecule has 26 heavy (non-hydrogen) atoms. The molecule has 0 unspecified atom stereocenters. The maximum Gasteiger partial charge on any atom is 0.344 e. The Morgan fingerprint density at radius 2 is 1.81 bits per heavy atom. The van der Waals surface area contributed by atoms with Gasteiger partial charge in [0, 0.05) is 11.3 Å². The van der Waals surface area contributed by atoms with Crippen LogP contribution >= 0.6 is 0 Å². The van der Waals surface area contributed by atoms with Crippen molar-refractivity contribution < 1.29 is 23.9 Å². The third-order valence-electron chi connectivity index (χ3n) is 3.65. The number of Topliss-reactive ketones (excluding diaryl/α,β-unsaturated/α-hetero) is 1. The fourth-order valence-electron chi connectivity index (χ4n) is 2.20. The van der Waals surface area contributed by atoms with E-state index in [1.165, 1.54) is 13.8 Å². The standard InChI is InChI=1S/C20H21NO5/c1-13-7-4-5-10-18(13)25-12-19(23)26-15(3)20(24)21-17-9-6-8-16(11-17)14(2)22/h4-11,15H,12H2,1-3H3,(H,21,24)/t15-/m1/s1. The van der Waals surface area contributed by atoms with E-state index in [4.69, 9.17) is 9.47 Å². The van der Waals surface area contributed by atoms with E-state index in [9.17, 15) is 14.4 Å². The molecule has 0 aromatic heterocycles. The molecule has 0 saturated carbocycles. The smallest absolute Gasteiger partial charge is 0.344 e. The largest absolute Gasteiger partial charge is 0.482 e. The predicted octanol–water partition coefficient (Wildman–Crippen LogP) is 3.15. The van der Waals surface area contributed by atoms with Gasteiger partial charge in [-0.2, -0.15) is 0 Å². The van der Waals surface area contributed by atoms with Crippen LogP contribution in [-0.2, 0) is 14.3 Å². The van der Waals surface area contributed by atoms with Crippen molar-refractivity contribution in [1.29, 1.82) is 0 Å². The molecule has 2 aromatic rings. The second-order valence-electron chi connectivity index (χ2n) is 5.81. The number of hydrogen-bond donors (Lipinski definition) is 1. The molecule has 2 aromatic carbocycles. The number of ether oxygens (including phenoxy) is 2. The van der Waals surface area contributed by atoms with Gasteiger partial charge in [-0.05, 0) is 44.5 Å². The lowest BCUT2D eigenvalue weighted by Gasteiger charge is -2.14. The lowest BCUT2D eigenvalue weighted by molar-refractivity contribution is -0.155. The Balaban J connectivity index is 1.86. The summed E-state index contributed by atoms with van der Waals surface area (Å²) in [7, 11) is 0. The molecule has 6 nitrogen and oxygen atoms in total. The van der Waals surface area contributed by atoms with Crippen LogP contribution in [-0.4, -0.2) is 30.4 Å². The van der Waals surface area contributed by atoms with Crippen molar-refractivity contribution >= 4 is 23.3 Å². The summed E-state index contributed by atoms with van der Waals surface area (Å²) in [6.45, 7) is 4.49. The molecular weight excluding hydrogens is 334 g/mol. The van der Waals surface area contributed by atoms with Crippen LogP contribution in [0.15, 0.2) is 48.5 Å². The van der Waals surface area contributed by atoms with E-state index in [-0.39, 0.29) is 12.4 Å². The Kier molecular flexibility index (Phi) is 6.49. The predicted molar refractivity (Wildman–Crippen MR) is 97.3 cm³/mol. The van der Waals surface area contributed by atoms with Gasteiger partial charge in [0.05, 0.1) is 0 Å². The molecule has 0 aliphatic heterocycles. The molecule has 1 N–H and O–H groups in total. The minimum absolute atomic E-state index is 0.103. The van der Waals surface area contributed by atoms with Gasteiger partial charge in [-0.1, -0.05) is 30.3 Å². The molecule has 0 saturated heterocycles. The number of hydrogen-bond acceptors (Lipinski definition) is 5. The summed E-state index contributed by atoms with van der Waals surface area (Å²) in [5, 5.41) is 2.62. The molecule has 0 aliphatic carbocycles. The first kappa shape index (κ1) is 19.2. The normalized spacial score (nSPS) is 11.3. The monoisotopic (exact) mass is 355 g/mol. The van der Waals surface area contributed by atoms with Crippen LogP contribution < -0.4 is 10.1 Å². The summed E-state index contributed by atoms with van der Waals surface area (Å²) in [5.74, 6) is -0.653. The van der Waals surface area contributed by atoms with Crippen LogP contribution in [0.1, 0.15) is 29.8 Å². The van der Waals surface area contributed by atoms with Gasteiger partial charge in [0.15, 0.2) is 18.5 Å². The van der Waals surface area contributed by atoms with E-state index in [0.717, 1.165) is 5.56 Å². The molecule has 0 spiro atoms. The number of carbonyl (C=O) groups excluding carboxylic acids is 3. The van der Waals surface area contributed by atoms with Crippen molar-refractivity contribution in [2.75, 3.05) is 11.9 Å². The number of esters is 1. The van der Waals surface area contributed by atoms with Gasteiger partial charge in [-0.25, -0.2) is 4.79 Å². The summed E-state index contributed by atoms with van der Waals surface area (Å²) in [5.41, 5.74) is 1.84. The van der Waals surface area contributed by atoms with E-state index in [1.54, 1.807) is 36.4 Å². The highest BCUT2D eigenvalue weighted by atomic mass is 16.6. The Bertz CT molecular complexity index is 815. The van der Waals surface area contributed by atoms with Crippen molar-refractivity contribution in [1.82, 2.24) is 0 Å². The average molecular weight is 355 g/mol. The highest BCUT2D eigenvalue weighted by Gasteiger charge is 2.18. The first-order valence-corrected chi connectivity index (χ1v) is 8.16. The molecule has 6 heteroatoms. The number of aryl methyl sites for hydroxylation is 1. The first-order chi connectivity index (χ1) is 12.4. The van der Waals surface area contributed by atoms with Crippen LogP contribution in [0, 0.1) is 6.92 Å². The van der Waals surface area contributed by atoms with Crippen molar-refractivity contribution in [3.05, 3.63) is 59.7 Å². The van der Waals surface area contributed by atoms with Gasteiger partial charge in [0.25, 0.3) is 5.91 Å². The van der Waals surface area contributed by atoms with Crippen LogP contribution in [0.2, 0.25) is 0 Å². The topological polar surface area (TPSA) is 81.7 Å². The lowest BCUT2D eigenvalue weighted by atomic mass is 10.1. The van der Waals surface area contributed by atoms with E-state index in [0.29, 0.717) is 17.0 Å². The number of carbonyl (C=O) groups is 3. The highest BCUT2D eigenvalue weighted by molar-refractivity contribution is 5.98. The molecule has 136 valence electrons. The van der Waals surface area contributed by atoms with E-state index < -0.39 is 18.0 Å². The highest BCUT2D eigenvalue weighted by Crippen LogP contribution is 2.16. The first-order valence-electron chi connectivity index (χ1n) is 8.16. The van der Waals surface area contributed by atoms with E-state index in [2.05, 4.69) is 5.32 Å². The van der Waals surface area contributed by atoms with Crippen LogP contribution in [0.3, 0.4) is 0 Å². The molecule has 0 radical (unpaired) electrons. The Hall–Kier alpha value is -3.15. The van der Waals surface area contributed by atoms with Crippen LogP contribution in [0.4, 0.5) is 5.69 Å². The lowest BCUT2D eigenvalue weighted by Crippen LogP contribution is -2.31. The molecular formula is C20H21NO5. The fraction of sp³-hybridized carbons (Fsp3) is 0.250. The second kappa shape index (κ2) is 8.80. The summed E-state index contributed by atoms with van der Waals surface area (Å²) in [6.07, 6.45) is -0.996. The van der Waals surface area contributed by atoms with Gasteiger partial charge in [0.2, 0.25) is 0 Å². The summed E-state index contributed by atoms with van der Waals surface area (Å²) in [4.78, 5) is 35.4. The van der Waals surface area contributed by atoms with Gasteiger partial charge in [-0.3, -0.25) is 9.59 Å². The fourth-order valence-corrected chi connectivity index (χ4v) is 2.20. The van der Waals surface area contributed by atoms with Crippen molar-refractivity contribution in [3.8, 4) is 5.75 Å². The molecule has 0 aliphatic rings. The zero-order valence-corrected chi connectivity index (χ0v) is 14.9. The molecule has 0 fully saturated rings. The summed E-state index contributed by atoms with van der Waals surface area (Å²) in [6, 6.07) is 13.8. The summed E-state index contributed by atoms with van der Waals surface area (Å²) >= 11 is 0. The molecule has 0 heterocycles. The number of rotatable bonds is 7. The third-order valence-corrected chi connectivity index (χ3v) is 3.65. The maximum absolute atomic E-state index is 12.1. The Labute approximate surface area is 152 Å². The zero-order valence-electron chi connectivity index (χ0n) is 14.9. The van der Waals surface area contributed by atoms with Crippen molar-refractivity contribution in [3.63, 3.8) is 0 Å². The van der Waals surface area contributed by atoms with Gasteiger partial charge in [0.1, 0.15) is 5.75 Å². The third kappa shape index (κ3) is 5.44. The average Bonchev–Trinajstić information content (AvgIpc) is 2.61. The summed E-state index contributed by atoms with van der Waals surface area (Å²) < 4.78 is 10.5. The number of benzene rings is 2. The number of amides is 1. The number of anilines is 1. The Morgan fingerprint density at radius 1 is 1.08 bits per heavy atom. The second-order valence-corrected chi connectivity index (χ2v) is 5.81. The Morgan fingerprint density at radius 3 is 2.50 bits per heavy atom. The molecule has 2 rings (SSSR count). The quantitative estimate of drug-likeness (QED) is 0.609. The van der Waals surface area contributed by atoms with Gasteiger partial charge < -0.3 is 14.8 Å². The number of para-hydroxylation sites is 1. The molecule has 1 atom stereocenters. The van der Waals surface area contributed by atoms with Crippen molar-refractivity contribution in [2.24, 2.45) is 0 Å². The minimum atomic E-state index is -0.996. The zero-order chi connectivity index (χ0) is 19.1. The SMILES string of the molecule is CC(=O)c1cccc(NC(=O)[C@@H](C)OC(=O)COc2ccccc2C)c1. The number of ketones is 1. The maximum atomic E-state index is 12.1. The molecule has 1 amide bonds. The van der Waals surface area contributed by atoms with Crippen LogP contribution in [0.5, 0.6) is 5.75 Å². The van der Waals surface area contributed by atoms with Crippen LogP contribution in [0.25, 0.3) is 0 Å². The van der Waals surface area contributed by atoms with E-state index >= 15 is 0 Å². The number of nitrogens with one attached hydrogen (secondary N) is 1. The molecule has 0 bridgehead atoms. The van der Waals surface area contributed by atoms with Crippen molar-refractivity contribution in [2.45, 2.75) is 26.9 Å². The van der Waals surface area contributed by atoms with Gasteiger partial charge in [-0.15, -0.1) is 0 Å². The van der Waals surface area contributed by atoms with E-state index in [1.807, 2.05) is 19.1 Å². The van der Waals surface area contributed by atoms with Gasteiger partial charge >= 0.3 is 5.97 Å².